The van der Waals surface area contributed by atoms with Gasteiger partial charge in [-0.25, -0.2) is 4.98 Å². The van der Waals surface area contributed by atoms with Crippen LogP contribution in [0, 0.1) is 0 Å². The van der Waals surface area contributed by atoms with Gasteiger partial charge < -0.3 is 14.8 Å². The van der Waals surface area contributed by atoms with Crippen LogP contribution in [0.3, 0.4) is 0 Å². The van der Waals surface area contributed by atoms with Crippen LogP contribution in [0.4, 0.5) is 31.5 Å². The standard InChI is InChI=1S/C27H24F6N4O2S/c1-36-15-17(21-5-3-4-6-22(21)36)13-20(7-8-23(38)35-25-34-9-10-40-25)37(2)24(39)16-11-18(26(28,29)30)14-19(12-16)27(31,32)33/h3-6,9-12,14-15,20H,7-8,13H2,1-2H3,(H,34,35,38). The SMILES string of the molecule is CN(C(=O)c1cc(C(F)(F)F)cc(C(F)(F)F)c1)C(CCC(=O)Nc1nccs1)Cc1cn(C)c2ccccc12. The van der Waals surface area contributed by atoms with Crippen LogP contribution >= 0.6 is 11.3 Å². The summed E-state index contributed by atoms with van der Waals surface area (Å²) in [4.78, 5) is 31.0. The predicted octanol–water partition coefficient (Wildman–Crippen LogP) is 6.77. The molecule has 1 atom stereocenters. The number of likely N-dealkylation sites (N-methyl/N-ethyl adjacent to an activating group) is 1. The predicted molar refractivity (Wildman–Crippen MR) is 139 cm³/mol. The van der Waals surface area contributed by atoms with Crippen molar-refractivity contribution < 1.29 is 35.9 Å². The summed E-state index contributed by atoms with van der Waals surface area (Å²) in [7, 11) is 3.14. The maximum atomic E-state index is 13.4. The average molecular weight is 583 g/mol. The molecular formula is C27H24F6N4O2S. The van der Waals surface area contributed by atoms with E-state index in [-0.39, 0.29) is 25.3 Å². The van der Waals surface area contributed by atoms with Gasteiger partial charge in [-0.1, -0.05) is 18.2 Å². The van der Waals surface area contributed by atoms with E-state index in [2.05, 4.69) is 10.3 Å². The second-order valence-electron chi connectivity index (χ2n) is 9.28. The van der Waals surface area contributed by atoms with Crippen molar-refractivity contribution >= 4 is 39.2 Å². The summed E-state index contributed by atoms with van der Waals surface area (Å²) in [6, 6.07) is 7.53. The molecule has 0 aliphatic carbocycles. The number of carbonyl (C=O) groups excluding carboxylic acids is 2. The maximum absolute atomic E-state index is 13.4. The van der Waals surface area contributed by atoms with Gasteiger partial charge >= 0.3 is 12.4 Å². The molecule has 1 N–H and O–H groups in total. The molecule has 6 nitrogen and oxygen atoms in total. The van der Waals surface area contributed by atoms with E-state index < -0.39 is 46.9 Å². The molecule has 4 rings (SSSR count). The number of para-hydroxylation sites is 1. The Labute approximate surface area is 229 Å². The van der Waals surface area contributed by atoms with Gasteiger partial charge in [0.25, 0.3) is 5.91 Å². The minimum atomic E-state index is -5.09. The van der Waals surface area contributed by atoms with Crippen molar-refractivity contribution in [3.05, 3.63) is 82.5 Å². The van der Waals surface area contributed by atoms with Crippen molar-refractivity contribution in [1.82, 2.24) is 14.5 Å². The van der Waals surface area contributed by atoms with Crippen LogP contribution < -0.4 is 5.32 Å². The molecule has 4 aromatic rings. The zero-order valence-corrected chi connectivity index (χ0v) is 22.1. The van der Waals surface area contributed by atoms with Crippen LogP contribution in [-0.2, 0) is 30.6 Å². The third kappa shape index (κ3) is 6.64. The highest BCUT2D eigenvalue weighted by molar-refractivity contribution is 7.13. The molecule has 40 heavy (non-hydrogen) atoms. The van der Waals surface area contributed by atoms with E-state index in [9.17, 15) is 35.9 Å². The van der Waals surface area contributed by atoms with Gasteiger partial charge in [-0.2, -0.15) is 26.3 Å². The molecule has 0 spiro atoms. The fourth-order valence-corrected chi connectivity index (χ4v) is 5.03. The monoisotopic (exact) mass is 582 g/mol. The third-order valence-corrected chi connectivity index (χ3v) is 7.21. The third-order valence-electron chi connectivity index (χ3n) is 6.52. The van der Waals surface area contributed by atoms with Crippen LogP contribution in [0.15, 0.2) is 60.2 Å². The Hall–Kier alpha value is -3.87. The number of benzene rings is 2. The molecule has 2 amide bonds. The van der Waals surface area contributed by atoms with Crippen molar-refractivity contribution in [2.24, 2.45) is 7.05 Å². The number of fused-ring (bicyclic) bond motifs is 1. The van der Waals surface area contributed by atoms with Crippen molar-refractivity contribution in [3.63, 3.8) is 0 Å². The van der Waals surface area contributed by atoms with Gasteiger partial charge in [0.2, 0.25) is 5.91 Å². The highest BCUT2D eigenvalue weighted by Gasteiger charge is 2.38. The van der Waals surface area contributed by atoms with Gasteiger partial charge in [0.15, 0.2) is 5.13 Å². The number of hydrogen-bond acceptors (Lipinski definition) is 4. The number of hydrogen-bond donors (Lipinski definition) is 1. The van der Waals surface area contributed by atoms with Gasteiger partial charge in [-0.05, 0) is 42.7 Å². The molecule has 2 aromatic carbocycles. The minimum absolute atomic E-state index is 0.0205. The summed E-state index contributed by atoms with van der Waals surface area (Å²) in [5.41, 5.74) is -2.19. The normalized spacial score (nSPS) is 12.9. The molecule has 0 fully saturated rings. The molecule has 0 saturated heterocycles. The van der Waals surface area contributed by atoms with E-state index in [4.69, 9.17) is 0 Å². The summed E-state index contributed by atoms with van der Waals surface area (Å²) >= 11 is 1.21. The van der Waals surface area contributed by atoms with Gasteiger partial charge in [-0.3, -0.25) is 9.59 Å². The minimum Gasteiger partial charge on any atom is -0.350 e. The molecule has 0 aliphatic rings. The lowest BCUT2D eigenvalue weighted by molar-refractivity contribution is -0.143. The average Bonchev–Trinajstić information content (AvgIpc) is 3.52. The zero-order chi connectivity index (χ0) is 29.2. The first-order valence-electron chi connectivity index (χ1n) is 12.0. The number of nitrogens with one attached hydrogen (secondary N) is 1. The highest BCUT2D eigenvalue weighted by atomic mass is 32.1. The number of thiazole rings is 1. The largest absolute Gasteiger partial charge is 0.416 e. The second kappa shape index (κ2) is 11.3. The summed E-state index contributed by atoms with van der Waals surface area (Å²) in [6.07, 6.45) is -6.59. The second-order valence-corrected chi connectivity index (χ2v) is 10.2. The maximum Gasteiger partial charge on any atom is 0.416 e. The molecule has 0 radical (unpaired) electrons. The van der Waals surface area contributed by atoms with Crippen molar-refractivity contribution in [3.8, 4) is 0 Å². The molecule has 0 bridgehead atoms. The summed E-state index contributed by atoms with van der Waals surface area (Å²) in [5.74, 6) is -1.42. The summed E-state index contributed by atoms with van der Waals surface area (Å²) < 4.78 is 82.4. The van der Waals surface area contributed by atoms with Crippen LogP contribution in [-0.4, -0.2) is 39.4 Å². The van der Waals surface area contributed by atoms with Crippen molar-refractivity contribution in [1.29, 1.82) is 0 Å². The number of halogens is 6. The van der Waals surface area contributed by atoms with Crippen LogP contribution in [0.25, 0.3) is 10.9 Å². The molecule has 0 aliphatic heterocycles. The van der Waals surface area contributed by atoms with Crippen molar-refractivity contribution in [2.75, 3.05) is 12.4 Å². The van der Waals surface area contributed by atoms with Crippen molar-refractivity contribution in [2.45, 2.75) is 37.7 Å². The topological polar surface area (TPSA) is 67.2 Å². The van der Waals surface area contributed by atoms with E-state index in [1.54, 1.807) is 5.38 Å². The molecule has 1 unspecified atom stereocenters. The smallest absolute Gasteiger partial charge is 0.350 e. The Morgan fingerprint density at radius 3 is 2.30 bits per heavy atom. The van der Waals surface area contributed by atoms with Gasteiger partial charge in [-0.15, -0.1) is 11.3 Å². The van der Waals surface area contributed by atoms with Crippen LogP contribution in [0.5, 0.6) is 0 Å². The molecule has 13 heteroatoms. The van der Waals surface area contributed by atoms with Gasteiger partial charge in [0.1, 0.15) is 0 Å². The number of rotatable bonds is 8. The number of carbonyl (C=O) groups is 2. The molecular weight excluding hydrogens is 558 g/mol. The Balaban J connectivity index is 1.66. The van der Waals surface area contributed by atoms with E-state index in [0.29, 0.717) is 17.3 Å². The van der Waals surface area contributed by atoms with Crippen LogP contribution in [0.1, 0.15) is 39.9 Å². The summed E-state index contributed by atoms with van der Waals surface area (Å²) in [5, 5.41) is 5.56. The van der Waals surface area contributed by atoms with E-state index in [1.807, 2.05) is 42.1 Å². The van der Waals surface area contributed by atoms with E-state index >= 15 is 0 Å². The number of amides is 2. The fourth-order valence-electron chi connectivity index (χ4n) is 4.49. The lowest BCUT2D eigenvalue weighted by Gasteiger charge is -2.29. The lowest BCUT2D eigenvalue weighted by Crippen LogP contribution is -2.39. The fraction of sp³-hybridized carbons (Fsp3) is 0.296. The van der Waals surface area contributed by atoms with E-state index in [0.717, 1.165) is 21.4 Å². The number of aryl methyl sites for hydroxylation is 1. The quantitative estimate of drug-likeness (QED) is 0.233. The first-order valence-corrected chi connectivity index (χ1v) is 12.9. The number of aromatic nitrogens is 2. The Bertz CT molecular complexity index is 1480. The lowest BCUT2D eigenvalue weighted by atomic mass is 9.98. The van der Waals surface area contributed by atoms with Gasteiger partial charge in [0, 0.05) is 60.8 Å². The molecule has 2 aromatic heterocycles. The molecule has 212 valence electrons. The number of alkyl halides is 6. The van der Waals surface area contributed by atoms with E-state index in [1.165, 1.54) is 24.6 Å². The first kappa shape index (κ1) is 29.1. The highest BCUT2D eigenvalue weighted by Crippen LogP contribution is 2.37. The Kier molecular flexibility index (Phi) is 8.24. The molecule has 2 heterocycles. The summed E-state index contributed by atoms with van der Waals surface area (Å²) in [6.45, 7) is 0. The Morgan fingerprint density at radius 1 is 1.05 bits per heavy atom. The molecule has 0 saturated carbocycles. The number of anilines is 1. The number of nitrogens with zero attached hydrogens (tertiary/aromatic N) is 3. The zero-order valence-electron chi connectivity index (χ0n) is 21.3. The van der Waals surface area contributed by atoms with Crippen LogP contribution in [0.2, 0.25) is 0 Å². The first-order chi connectivity index (χ1) is 18.7. The Morgan fingerprint density at radius 2 is 1.70 bits per heavy atom. The van der Waals surface area contributed by atoms with Gasteiger partial charge in [0.05, 0.1) is 11.1 Å².